The number of halogens is 1. The summed E-state index contributed by atoms with van der Waals surface area (Å²) >= 11 is 0. The van der Waals surface area contributed by atoms with Crippen LogP contribution in [0.3, 0.4) is 0 Å². The van der Waals surface area contributed by atoms with Crippen LogP contribution in [0, 0.1) is 0 Å². The molecule has 2 aromatic rings. The van der Waals surface area contributed by atoms with Gasteiger partial charge in [0.25, 0.3) is 5.91 Å². The zero-order valence-corrected chi connectivity index (χ0v) is 22.0. The smallest absolute Gasteiger partial charge is 0.253 e. The largest absolute Gasteiger partial charge is 0.497 e. The Balaban J connectivity index is 0.00000512. The fraction of sp³-hybridized carbons (Fsp3) is 0.417. The summed E-state index contributed by atoms with van der Waals surface area (Å²) in [5, 5.41) is 3.32. The fourth-order valence-electron chi connectivity index (χ4n) is 2.96. The van der Waals surface area contributed by atoms with E-state index in [2.05, 4.69) is 10.2 Å². The minimum atomic E-state index is 0. The van der Waals surface area contributed by atoms with Crippen LogP contribution < -0.4 is 14.8 Å². The van der Waals surface area contributed by atoms with Crippen molar-refractivity contribution in [3.05, 3.63) is 59.7 Å². The Morgan fingerprint density at radius 3 is 2.38 bits per heavy atom. The van der Waals surface area contributed by atoms with E-state index in [1.165, 1.54) is 0 Å². The molecule has 0 heterocycles. The molecule has 0 saturated carbocycles. The minimum Gasteiger partial charge on any atom is -0.497 e. The average Bonchev–Trinajstić information content (AvgIpc) is 2.78. The van der Waals surface area contributed by atoms with Gasteiger partial charge in [0.2, 0.25) is 0 Å². The summed E-state index contributed by atoms with van der Waals surface area (Å²) in [6.07, 6.45) is 0.764. The topological polar surface area (TPSA) is 66.4 Å². The third kappa shape index (κ3) is 8.94. The number of aliphatic imine (C=N–C) groups is 1. The number of nitrogens with one attached hydrogen (secondary N) is 1. The van der Waals surface area contributed by atoms with Gasteiger partial charge >= 0.3 is 0 Å². The molecule has 0 aliphatic carbocycles. The van der Waals surface area contributed by atoms with E-state index < -0.39 is 0 Å². The van der Waals surface area contributed by atoms with Crippen LogP contribution >= 0.6 is 24.0 Å². The summed E-state index contributed by atoms with van der Waals surface area (Å²) in [6.45, 7) is 4.71. The number of amides is 1. The van der Waals surface area contributed by atoms with Gasteiger partial charge in [0, 0.05) is 39.8 Å². The standard InChI is InChI=1S/C24H34N4O3.HI/c1-6-25-24(28(4)16-17-31-22-12-10-21(30-5)11-13-22)26-15-14-19-8-7-9-20(18-19)23(29)27(2)3;/h7-13,18H,6,14-17H2,1-5H3,(H,25,26);1H. The lowest BCUT2D eigenvalue weighted by Gasteiger charge is -2.22. The predicted octanol–water partition coefficient (Wildman–Crippen LogP) is 3.53. The van der Waals surface area contributed by atoms with Crippen molar-refractivity contribution in [1.29, 1.82) is 0 Å². The van der Waals surface area contributed by atoms with Crippen molar-refractivity contribution in [3.63, 3.8) is 0 Å². The Morgan fingerprint density at radius 1 is 1.06 bits per heavy atom. The zero-order valence-electron chi connectivity index (χ0n) is 19.6. The van der Waals surface area contributed by atoms with Gasteiger partial charge in [-0.2, -0.15) is 0 Å². The monoisotopic (exact) mass is 554 g/mol. The summed E-state index contributed by atoms with van der Waals surface area (Å²) in [7, 11) is 7.16. The third-order valence-electron chi connectivity index (χ3n) is 4.69. The molecule has 0 aliphatic rings. The number of benzene rings is 2. The van der Waals surface area contributed by atoms with Crippen molar-refractivity contribution in [2.24, 2.45) is 4.99 Å². The first-order valence-corrected chi connectivity index (χ1v) is 10.5. The molecule has 0 atom stereocenters. The SMILES string of the molecule is CCNC(=NCCc1cccc(C(=O)N(C)C)c1)N(C)CCOc1ccc(OC)cc1.I. The molecular weight excluding hydrogens is 519 g/mol. The van der Waals surface area contributed by atoms with E-state index >= 15 is 0 Å². The van der Waals surface area contributed by atoms with Gasteiger partial charge < -0.3 is 24.6 Å². The Morgan fingerprint density at radius 2 is 1.75 bits per heavy atom. The highest BCUT2D eigenvalue weighted by molar-refractivity contribution is 14.0. The van der Waals surface area contributed by atoms with Gasteiger partial charge in [-0.15, -0.1) is 24.0 Å². The van der Waals surface area contributed by atoms with Crippen LogP contribution in [0.1, 0.15) is 22.8 Å². The molecule has 0 fully saturated rings. The molecule has 1 amide bonds. The number of guanidine groups is 1. The van der Waals surface area contributed by atoms with Crippen LogP contribution in [0.5, 0.6) is 11.5 Å². The molecule has 0 radical (unpaired) electrons. The second-order valence-electron chi connectivity index (χ2n) is 7.33. The van der Waals surface area contributed by atoms with Crippen LogP contribution in [0.4, 0.5) is 0 Å². The Hall–Kier alpha value is -2.49. The highest BCUT2D eigenvalue weighted by atomic mass is 127. The molecule has 7 nitrogen and oxygen atoms in total. The van der Waals surface area contributed by atoms with Crippen LogP contribution in [0.2, 0.25) is 0 Å². The van der Waals surface area contributed by atoms with Gasteiger partial charge in [0.05, 0.1) is 13.7 Å². The normalized spacial score (nSPS) is 10.7. The van der Waals surface area contributed by atoms with E-state index in [1.54, 1.807) is 26.1 Å². The highest BCUT2D eigenvalue weighted by Crippen LogP contribution is 2.16. The number of ether oxygens (including phenoxy) is 2. The zero-order chi connectivity index (χ0) is 22.6. The van der Waals surface area contributed by atoms with E-state index in [-0.39, 0.29) is 29.9 Å². The van der Waals surface area contributed by atoms with Crippen molar-refractivity contribution in [1.82, 2.24) is 15.1 Å². The van der Waals surface area contributed by atoms with Crippen molar-refractivity contribution in [2.45, 2.75) is 13.3 Å². The lowest BCUT2D eigenvalue weighted by Crippen LogP contribution is -2.41. The lowest BCUT2D eigenvalue weighted by atomic mass is 10.1. The Labute approximate surface area is 208 Å². The molecule has 0 unspecified atom stereocenters. The summed E-state index contributed by atoms with van der Waals surface area (Å²) in [5.41, 5.74) is 1.80. The second kappa shape index (κ2) is 14.5. The summed E-state index contributed by atoms with van der Waals surface area (Å²) in [4.78, 5) is 20.5. The molecule has 176 valence electrons. The number of hydrogen-bond donors (Lipinski definition) is 1. The van der Waals surface area contributed by atoms with Gasteiger partial charge in [-0.3, -0.25) is 9.79 Å². The van der Waals surface area contributed by atoms with Crippen LogP contribution in [-0.2, 0) is 6.42 Å². The molecule has 32 heavy (non-hydrogen) atoms. The van der Waals surface area contributed by atoms with Crippen LogP contribution in [-0.4, -0.2) is 76.2 Å². The maximum atomic E-state index is 12.2. The number of hydrogen-bond acceptors (Lipinski definition) is 4. The quantitative estimate of drug-likeness (QED) is 0.277. The number of nitrogens with zero attached hydrogens (tertiary/aromatic N) is 3. The van der Waals surface area contributed by atoms with E-state index in [4.69, 9.17) is 14.5 Å². The van der Waals surface area contributed by atoms with E-state index in [1.807, 2.05) is 62.5 Å². The van der Waals surface area contributed by atoms with Gasteiger partial charge in [0.15, 0.2) is 5.96 Å². The first-order chi connectivity index (χ1) is 14.9. The maximum Gasteiger partial charge on any atom is 0.253 e. The van der Waals surface area contributed by atoms with Crippen LogP contribution in [0.25, 0.3) is 0 Å². The van der Waals surface area contributed by atoms with E-state index in [0.29, 0.717) is 25.3 Å². The van der Waals surface area contributed by atoms with Crippen molar-refractivity contribution < 1.29 is 14.3 Å². The molecule has 0 aliphatic heterocycles. The molecule has 0 bridgehead atoms. The number of methoxy groups -OCH3 is 1. The number of rotatable bonds is 10. The first kappa shape index (κ1) is 27.5. The van der Waals surface area contributed by atoms with Crippen molar-refractivity contribution in [3.8, 4) is 11.5 Å². The number of likely N-dealkylation sites (N-methyl/N-ethyl adjacent to an activating group) is 1. The summed E-state index contributed by atoms with van der Waals surface area (Å²) in [6, 6.07) is 15.3. The van der Waals surface area contributed by atoms with Crippen molar-refractivity contribution in [2.75, 3.05) is 54.5 Å². The van der Waals surface area contributed by atoms with Gasteiger partial charge in [-0.1, -0.05) is 12.1 Å². The van der Waals surface area contributed by atoms with Crippen molar-refractivity contribution >= 4 is 35.8 Å². The molecule has 0 saturated heterocycles. The van der Waals surface area contributed by atoms with Crippen LogP contribution in [0.15, 0.2) is 53.5 Å². The summed E-state index contributed by atoms with van der Waals surface area (Å²) < 4.78 is 11.0. The molecule has 0 aromatic heterocycles. The maximum absolute atomic E-state index is 12.2. The highest BCUT2D eigenvalue weighted by Gasteiger charge is 2.09. The predicted molar refractivity (Wildman–Crippen MR) is 141 cm³/mol. The fourth-order valence-corrected chi connectivity index (χ4v) is 2.96. The average molecular weight is 554 g/mol. The van der Waals surface area contributed by atoms with E-state index in [0.717, 1.165) is 36.0 Å². The minimum absolute atomic E-state index is 0. The molecule has 8 heteroatoms. The molecule has 2 aromatic carbocycles. The van der Waals surface area contributed by atoms with Gasteiger partial charge in [0.1, 0.15) is 18.1 Å². The molecular formula is C24H35IN4O3. The Bertz CT molecular complexity index is 857. The summed E-state index contributed by atoms with van der Waals surface area (Å²) in [5.74, 6) is 2.46. The van der Waals surface area contributed by atoms with Gasteiger partial charge in [-0.25, -0.2) is 0 Å². The molecule has 0 spiro atoms. The second-order valence-corrected chi connectivity index (χ2v) is 7.33. The Kier molecular flexibility index (Phi) is 12.5. The third-order valence-corrected chi connectivity index (χ3v) is 4.69. The van der Waals surface area contributed by atoms with Gasteiger partial charge in [-0.05, 0) is 55.3 Å². The van der Waals surface area contributed by atoms with E-state index in [9.17, 15) is 4.79 Å². The first-order valence-electron chi connectivity index (χ1n) is 10.5. The molecule has 2 rings (SSSR count). The number of carbonyl (C=O) groups is 1. The number of carbonyl (C=O) groups excluding carboxylic acids is 1. The molecule has 1 N–H and O–H groups in total. The lowest BCUT2D eigenvalue weighted by molar-refractivity contribution is 0.0827.